The molecule has 164 valence electrons. The van der Waals surface area contributed by atoms with Crippen molar-refractivity contribution in [2.24, 2.45) is 5.10 Å². The molecule has 1 amide bonds. The average Bonchev–Trinajstić information content (AvgIpc) is 3.38. The van der Waals surface area contributed by atoms with E-state index < -0.39 is 24.5 Å². The number of carbonyl (C=O) groups excluding carboxylic acids is 3. The molecule has 3 rings (SSSR count). The number of aryl methyl sites for hydroxylation is 1. The average molecular weight is 444 g/mol. The van der Waals surface area contributed by atoms with E-state index in [1.54, 1.807) is 37.3 Å². The Bertz CT molecular complexity index is 997. The number of anilines is 2. The van der Waals surface area contributed by atoms with Crippen LogP contribution in [0.3, 0.4) is 0 Å². The summed E-state index contributed by atoms with van der Waals surface area (Å²) in [5.41, 5.74) is 2.60. The Kier molecular flexibility index (Phi) is 7.41. The summed E-state index contributed by atoms with van der Waals surface area (Å²) in [6.45, 7) is 6.24. The molecule has 0 saturated carbocycles. The molecule has 0 saturated heterocycles. The number of hydrogen-bond donors (Lipinski definition) is 1. The highest BCUT2D eigenvalue weighted by Crippen LogP contribution is 2.29. The van der Waals surface area contributed by atoms with Gasteiger partial charge in [0.15, 0.2) is 6.61 Å². The molecule has 31 heavy (non-hydrogen) atoms. The van der Waals surface area contributed by atoms with E-state index in [1.807, 2.05) is 18.9 Å². The van der Waals surface area contributed by atoms with Gasteiger partial charge in [0.05, 0.1) is 23.4 Å². The molecule has 1 aromatic carbocycles. The first-order chi connectivity index (χ1) is 14.9. The third-order valence-corrected chi connectivity index (χ3v) is 5.79. The summed E-state index contributed by atoms with van der Waals surface area (Å²) in [5, 5.41) is 9.33. The van der Waals surface area contributed by atoms with Crippen LogP contribution < -0.4 is 10.3 Å². The number of thiophene rings is 1. The van der Waals surface area contributed by atoms with E-state index in [0.29, 0.717) is 16.1 Å². The zero-order valence-electron chi connectivity index (χ0n) is 17.8. The second-order valence-electron chi connectivity index (χ2n) is 6.91. The van der Waals surface area contributed by atoms with E-state index in [2.05, 4.69) is 10.4 Å². The molecule has 8 nitrogen and oxygen atoms in total. The molecule has 0 spiro atoms. The summed E-state index contributed by atoms with van der Waals surface area (Å²) >= 11 is 1.30. The first kappa shape index (κ1) is 22.5. The Balaban J connectivity index is 1.56. The minimum Gasteiger partial charge on any atom is -0.462 e. The van der Waals surface area contributed by atoms with Gasteiger partial charge in [-0.1, -0.05) is 6.92 Å². The van der Waals surface area contributed by atoms with Crippen LogP contribution >= 0.6 is 11.3 Å². The lowest BCUT2D eigenvalue weighted by Crippen LogP contribution is -2.21. The first-order valence-electron chi connectivity index (χ1n) is 10.1. The number of benzene rings is 1. The Morgan fingerprint density at radius 3 is 2.48 bits per heavy atom. The molecule has 1 aliphatic rings. The fraction of sp³-hybridized carbons (Fsp3) is 0.364. The number of hydrogen-bond acceptors (Lipinski definition) is 8. The number of nitrogens with zero attached hydrogens (tertiary/aromatic N) is 2. The molecule has 0 fully saturated rings. The zero-order valence-corrected chi connectivity index (χ0v) is 18.6. The van der Waals surface area contributed by atoms with Crippen LogP contribution in [-0.4, -0.2) is 43.3 Å². The zero-order chi connectivity index (χ0) is 22.4. The fourth-order valence-corrected chi connectivity index (χ4v) is 3.98. The molecular formula is C22H25N3O5S. The second-order valence-corrected chi connectivity index (χ2v) is 8.05. The summed E-state index contributed by atoms with van der Waals surface area (Å²) in [4.78, 5) is 37.6. The molecule has 1 aromatic heterocycles. The third kappa shape index (κ3) is 5.69. The maximum atomic E-state index is 12.3. The van der Waals surface area contributed by atoms with Gasteiger partial charge >= 0.3 is 11.9 Å². The maximum absolute atomic E-state index is 12.3. The molecular weight excluding hydrogens is 418 g/mol. The van der Waals surface area contributed by atoms with Crippen LogP contribution in [0.25, 0.3) is 0 Å². The molecule has 2 aromatic rings. The summed E-state index contributed by atoms with van der Waals surface area (Å²) in [5.74, 6) is -1.63. The fourth-order valence-electron chi connectivity index (χ4n) is 2.98. The lowest BCUT2D eigenvalue weighted by Gasteiger charge is -2.13. The molecule has 0 radical (unpaired) electrons. The number of amides is 1. The standard InChI is InChI=1S/C22H25N3O5S/c1-4-17-12-18(22(28)29-5-2)20(31-17)23-19(26)13-30-21(27)15-6-8-16(9-7-15)25-11-10-14(3)24-25/h6-9,12H,4-5,10-11,13H2,1-3H3,(H,23,26). The van der Waals surface area contributed by atoms with Gasteiger partial charge in [-0.2, -0.15) is 5.10 Å². The second kappa shape index (κ2) is 10.2. The highest BCUT2D eigenvalue weighted by molar-refractivity contribution is 7.16. The number of esters is 2. The Morgan fingerprint density at radius 1 is 1.13 bits per heavy atom. The van der Waals surface area contributed by atoms with Crippen molar-refractivity contribution in [2.45, 2.75) is 33.6 Å². The van der Waals surface area contributed by atoms with Crippen LogP contribution in [0.5, 0.6) is 0 Å². The molecule has 9 heteroatoms. The van der Waals surface area contributed by atoms with Crippen LogP contribution in [-0.2, 0) is 20.7 Å². The van der Waals surface area contributed by atoms with Gasteiger partial charge in [-0.3, -0.25) is 9.80 Å². The van der Waals surface area contributed by atoms with Gasteiger partial charge < -0.3 is 14.8 Å². The maximum Gasteiger partial charge on any atom is 0.341 e. The van der Waals surface area contributed by atoms with E-state index in [4.69, 9.17) is 9.47 Å². The van der Waals surface area contributed by atoms with E-state index >= 15 is 0 Å². The van der Waals surface area contributed by atoms with E-state index in [9.17, 15) is 14.4 Å². The van der Waals surface area contributed by atoms with Crippen molar-refractivity contribution in [3.8, 4) is 0 Å². The van der Waals surface area contributed by atoms with E-state index in [0.717, 1.165) is 35.7 Å². The van der Waals surface area contributed by atoms with Gasteiger partial charge in [0.1, 0.15) is 5.00 Å². The largest absolute Gasteiger partial charge is 0.462 e. The Hall–Kier alpha value is -3.20. The number of nitrogens with one attached hydrogen (secondary N) is 1. The summed E-state index contributed by atoms with van der Waals surface area (Å²) in [6.07, 6.45) is 1.64. The minimum absolute atomic E-state index is 0.240. The predicted octanol–water partition coefficient (Wildman–Crippen LogP) is 3.87. The third-order valence-electron chi connectivity index (χ3n) is 4.59. The van der Waals surface area contributed by atoms with Gasteiger partial charge in [0, 0.05) is 23.6 Å². The molecule has 1 aliphatic heterocycles. The SMILES string of the molecule is CCOC(=O)c1cc(CC)sc1NC(=O)COC(=O)c1ccc(N2CCC(C)=N2)cc1. The number of hydrazone groups is 1. The van der Waals surface area contributed by atoms with Crippen molar-refractivity contribution >= 4 is 45.6 Å². The van der Waals surface area contributed by atoms with E-state index in [1.165, 1.54) is 11.3 Å². The molecule has 2 heterocycles. The number of ether oxygens (including phenoxy) is 2. The van der Waals surface area contributed by atoms with Gasteiger partial charge in [0.2, 0.25) is 0 Å². The number of rotatable bonds is 8. The van der Waals surface area contributed by atoms with Crippen molar-refractivity contribution < 1.29 is 23.9 Å². The summed E-state index contributed by atoms with van der Waals surface area (Å²) < 4.78 is 10.2. The molecule has 1 N–H and O–H groups in total. The Labute approximate surface area is 184 Å². The van der Waals surface area contributed by atoms with E-state index in [-0.39, 0.29) is 6.61 Å². The molecule has 0 aliphatic carbocycles. The number of carbonyl (C=O) groups is 3. The topological polar surface area (TPSA) is 97.3 Å². The van der Waals surface area contributed by atoms with Crippen molar-refractivity contribution in [1.82, 2.24) is 0 Å². The smallest absolute Gasteiger partial charge is 0.341 e. The molecule has 0 unspecified atom stereocenters. The quantitative estimate of drug-likeness (QED) is 0.622. The minimum atomic E-state index is -0.603. The summed E-state index contributed by atoms with van der Waals surface area (Å²) in [6, 6.07) is 8.58. The van der Waals surface area contributed by atoms with Gasteiger partial charge in [-0.15, -0.1) is 11.3 Å². The first-order valence-corrected chi connectivity index (χ1v) is 10.9. The van der Waals surface area contributed by atoms with Crippen LogP contribution in [0.2, 0.25) is 0 Å². The highest BCUT2D eigenvalue weighted by atomic mass is 32.1. The van der Waals surface area contributed by atoms with Gasteiger partial charge in [-0.05, 0) is 50.6 Å². The predicted molar refractivity (Wildman–Crippen MR) is 120 cm³/mol. The highest BCUT2D eigenvalue weighted by Gasteiger charge is 2.20. The normalized spacial score (nSPS) is 13.0. The van der Waals surface area contributed by atoms with Crippen LogP contribution in [0.1, 0.15) is 52.8 Å². The molecule has 0 atom stereocenters. The van der Waals surface area contributed by atoms with Crippen LogP contribution in [0.15, 0.2) is 35.4 Å². The monoisotopic (exact) mass is 443 g/mol. The summed E-state index contributed by atoms with van der Waals surface area (Å²) in [7, 11) is 0. The van der Waals surface area contributed by atoms with Crippen molar-refractivity contribution in [1.29, 1.82) is 0 Å². The van der Waals surface area contributed by atoms with Crippen molar-refractivity contribution in [3.05, 3.63) is 46.3 Å². The van der Waals surface area contributed by atoms with Crippen LogP contribution in [0.4, 0.5) is 10.7 Å². The van der Waals surface area contributed by atoms with Crippen molar-refractivity contribution in [2.75, 3.05) is 30.1 Å². The van der Waals surface area contributed by atoms with Gasteiger partial charge in [0.25, 0.3) is 5.91 Å². The lowest BCUT2D eigenvalue weighted by atomic mass is 10.2. The van der Waals surface area contributed by atoms with Gasteiger partial charge in [-0.25, -0.2) is 9.59 Å². The van der Waals surface area contributed by atoms with Crippen molar-refractivity contribution in [3.63, 3.8) is 0 Å². The molecule has 0 bridgehead atoms. The lowest BCUT2D eigenvalue weighted by molar-refractivity contribution is -0.119. The van der Waals surface area contributed by atoms with Crippen LogP contribution in [0, 0.1) is 0 Å². The Morgan fingerprint density at radius 2 is 1.87 bits per heavy atom.